The van der Waals surface area contributed by atoms with Crippen LogP contribution >= 0.6 is 0 Å². The molecule has 0 atom stereocenters. The summed E-state index contributed by atoms with van der Waals surface area (Å²) < 4.78 is 0. The van der Waals surface area contributed by atoms with Crippen LogP contribution in [0.3, 0.4) is 0 Å². The molecule has 0 aliphatic heterocycles. The van der Waals surface area contributed by atoms with E-state index in [1.54, 1.807) is 12.1 Å². The molecule has 0 aromatic heterocycles. The number of unbranched alkanes of at least 4 members (excludes halogenated alkanes) is 4. The van der Waals surface area contributed by atoms with Crippen LogP contribution in [0.5, 0.6) is 0 Å². The predicted molar refractivity (Wildman–Crippen MR) is 107 cm³/mol. The summed E-state index contributed by atoms with van der Waals surface area (Å²) in [4.78, 5) is 34.2. The fraction of sp³-hybridized carbons (Fsp3) is 0.333. The minimum atomic E-state index is -0.549. The highest BCUT2D eigenvalue weighted by Gasteiger charge is 2.11. The molecule has 28 heavy (non-hydrogen) atoms. The summed E-state index contributed by atoms with van der Waals surface area (Å²) in [5.74, 6) is -0.975. The lowest BCUT2D eigenvalue weighted by atomic mass is 10.0. The molecule has 0 unspecified atom stereocenters. The Kier molecular flexibility index (Phi) is 8.14. The zero-order valence-corrected chi connectivity index (χ0v) is 15.9. The fourth-order valence-electron chi connectivity index (χ4n) is 2.75. The maximum absolute atomic E-state index is 12.2. The lowest BCUT2D eigenvalue weighted by Gasteiger charge is -2.08. The number of nitro benzene ring substituents is 1. The highest BCUT2D eigenvalue weighted by Crippen LogP contribution is 2.12. The number of nitrogens with zero attached hydrogens (tertiary/aromatic N) is 1. The molecule has 148 valence electrons. The fourth-order valence-corrected chi connectivity index (χ4v) is 2.75. The Labute approximate surface area is 164 Å². The van der Waals surface area contributed by atoms with Crippen molar-refractivity contribution >= 4 is 17.5 Å². The number of hydrogen-bond acceptors (Lipinski definition) is 4. The first kappa shape index (κ1) is 21.1. The van der Waals surface area contributed by atoms with Gasteiger partial charge in [0.05, 0.1) is 4.92 Å². The first-order chi connectivity index (χ1) is 13.5. The van der Waals surface area contributed by atoms with Gasteiger partial charge in [0.25, 0.3) is 17.5 Å². The third-order valence-electron chi connectivity index (χ3n) is 4.42. The molecule has 0 saturated carbocycles. The van der Waals surface area contributed by atoms with E-state index in [0.717, 1.165) is 12.8 Å². The van der Waals surface area contributed by atoms with Crippen LogP contribution in [-0.2, 0) is 6.42 Å². The van der Waals surface area contributed by atoms with E-state index in [2.05, 4.69) is 17.8 Å². The van der Waals surface area contributed by atoms with Gasteiger partial charge < -0.3 is 0 Å². The molecule has 0 aliphatic rings. The van der Waals surface area contributed by atoms with Crippen molar-refractivity contribution in [1.29, 1.82) is 0 Å². The molecule has 7 heteroatoms. The van der Waals surface area contributed by atoms with Crippen LogP contribution in [0.2, 0.25) is 0 Å². The van der Waals surface area contributed by atoms with Crippen LogP contribution in [0.15, 0.2) is 48.5 Å². The van der Waals surface area contributed by atoms with Gasteiger partial charge in [-0.25, -0.2) is 0 Å². The molecule has 0 spiro atoms. The largest absolute Gasteiger partial charge is 0.269 e. The van der Waals surface area contributed by atoms with Crippen molar-refractivity contribution in [1.82, 2.24) is 10.9 Å². The molecule has 2 aromatic rings. The minimum Gasteiger partial charge on any atom is -0.267 e. The summed E-state index contributed by atoms with van der Waals surface area (Å²) in [7, 11) is 0. The Hall–Kier alpha value is -3.22. The molecule has 0 fully saturated rings. The van der Waals surface area contributed by atoms with E-state index < -0.39 is 16.7 Å². The number of benzene rings is 2. The number of carbonyl (C=O) groups excluding carboxylic acids is 2. The SMILES string of the molecule is CCCCCCCc1ccc(C(=O)NNC(=O)c2ccc([N+](=O)[O-])cc2)cc1. The molecule has 0 aliphatic carbocycles. The monoisotopic (exact) mass is 383 g/mol. The smallest absolute Gasteiger partial charge is 0.267 e. The molecule has 0 bridgehead atoms. The summed E-state index contributed by atoms with van der Waals surface area (Å²) in [5.41, 5.74) is 6.39. The van der Waals surface area contributed by atoms with Crippen LogP contribution < -0.4 is 10.9 Å². The number of nitro groups is 1. The van der Waals surface area contributed by atoms with Crippen molar-refractivity contribution in [2.45, 2.75) is 45.4 Å². The van der Waals surface area contributed by atoms with Crippen molar-refractivity contribution in [3.8, 4) is 0 Å². The summed E-state index contributed by atoms with van der Waals surface area (Å²) in [6, 6.07) is 12.4. The summed E-state index contributed by atoms with van der Waals surface area (Å²) in [6.45, 7) is 2.19. The molecule has 2 aromatic carbocycles. The van der Waals surface area contributed by atoms with Gasteiger partial charge in [0.15, 0.2) is 0 Å². The van der Waals surface area contributed by atoms with Crippen molar-refractivity contribution in [3.05, 3.63) is 75.3 Å². The first-order valence-electron chi connectivity index (χ1n) is 9.45. The first-order valence-corrected chi connectivity index (χ1v) is 9.45. The summed E-state index contributed by atoms with van der Waals surface area (Å²) in [6.07, 6.45) is 7.09. The third kappa shape index (κ3) is 6.50. The van der Waals surface area contributed by atoms with E-state index in [1.165, 1.54) is 55.5 Å². The minimum absolute atomic E-state index is 0.106. The topological polar surface area (TPSA) is 101 Å². The Bertz CT molecular complexity index is 801. The molecule has 2 rings (SSSR count). The molecule has 0 heterocycles. The van der Waals surface area contributed by atoms with Gasteiger partial charge in [-0.2, -0.15) is 0 Å². The van der Waals surface area contributed by atoms with Gasteiger partial charge in [-0.15, -0.1) is 0 Å². The number of hydrogen-bond donors (Lipinski definition) is 2. The van der Waals surface area contributed by atoms with Crippen LogP contribution in [0, 0.1) is 10.1 Å². The number of hydrazine groups is 1. The Balaban J connectivity index is 1.80. The molecule has 0 saturated heterocycles. The van der Waals surface area contributed by atoms with Crippen LogP contribution in [-0.4, -0.2) is 16.7 Å². The van der Waals surface area contributed by atoms with Crippen molar-refractivity contribution < 1.29 is 14.5 Å². The predicted octanol–water partition coefficient (Wildman–Crippen LogP) is 4.18. The third-order valence-corrected chi connectivity index (χ3v) is 4.42. The Morgan fingerprint density at radius 2 is 1.32 bits per heavy atom. The number of rotatable bonds is 9. The van der Waals surface area contributed by atoms with Crippen LogP contribution in [0.1, 0.15) is 65.3 Å². The molecule has 0 radical (unpaired) electrons. The van der Waals surface area contributed by atoms with Crippen molar-refractivity contribution in [3.63, 3.8) is 0 Å². The number of aryl methyl sites for hydroxylation is 1. The molecular weight excluding hydrogens is 358 g/mol. The highest BCUT2D eigenvalue weighted by molar-refractivity contribution is 5.99. The molecular formula is C21H25N3O4. The van der Waals surface area contributed by atoms with Gasteiger partial charge in [0.1, 0.15) is 0 Å². The van der Waals surface area contributed by atoms with E-state index in [-0.39, 0.29) is 11.3 Å². The zero-order chi connectivity index (χ0) is 20.4. The quantitative estimate of drug-likeness (QED) is 0.385. The van der Waals surface area contributed by atoms with Gasteiger partial charge in [-0.1, -0.05) is 44.7 Å². The molecule has 7 nitrogen and oxygen atoms in total. The zero-order valence-electron chi connectivity index (χ0n) is 15.9. The second-order valence-corrected chi connectivity index (χ2v) is 6.57. The van der Waals surface area contributed by atoms with Crippen molar-refractivity contribution in [2.75, 3.05) is 0 Å². The van der Waals surface area contributed by atoms with E-state index in [4.69, 9.17) is 0 Å². The standard InChI is InChI=1S/C21H25N3O4/c1-2-3-4-5-6-7-16-8-10-17(11-9-16)20(25)22-23-21(26)18-12-14-19(15-13-18)24(27)28/h8-15H,2-7H2,1H3,(H,22,25)(H,23,26). The van der Waals surface area contributed by atoms with E-state index >= 15 is 0 Å². The maximum Gasteiger partial charge on any atom is 0.269 e. The van der Waals surface area contributed by atoms with E-state index in [9.17, 15) is 19.7 Å². The van der Waals surface area contributed by atoms with Crippen LogP contribution in [0.4, 0.5) is 5.69 Å². The highest BCUT2D eigenvalue weighted by atomic mass is 16.6. The van der Waals surface area contributed by atoms with Gasteiger partial charge in [-0.3, -0.25) is 30.6 Å². The average Bonchev–Trinajstić information content (AvgIpc) is 2.72. The number of non-ortho nitro benzene ring substituents is 1. The summed E-state index contributed by atoms with van der Waals surface area (Å²) in [5, 5.41) is 10.6. The Morgan fingerprint density at radius 3 is 1.82 bits per heavy atom. The number of amides is 2. The second kappa shape index (κ2) is 10.8. The van der Waals surface area contributed by atoms with Gasteiger partial charge in [0, 0.05) is 23.3 Å². The molecule has 2 amide bonds. The second-order valence-electron chi connectivity index (χ2n) is 6.57. The van der Waals surface area contributed by atoms with E-state index in [1.807, 2.05) is 12.1 Å². The van der Waals surface area contributed by atoms with Gasteiger partial charge in [0.2, 0.25) is 0 Å². The van der Waals surface area contributed by atoms with Gasteiger partial charge >= 0.3 is 0 Å². The van der Waals surface area contributed by atoms with E-state index in [0.29, 0.717) is 5.56 Å². The lowest BCUT2D eigenvalue weighted by molar-refractivity contribution is -0.384. The van der Waals surface area contributed by atoms with Crippen molar-refractivity contribution in [2.24, 2.45) is 0 Å². The molecule has 2 N–H and O–H groups in total. The maximum atomic E-state index is 12.2. The average molecular weight is 383 g/mol. The lowest BCUT2D eigenvalue weighted by Crippen LogP contribution is -2.41. The summed E-state index contributed by atoms with van der Waals surface area (Å²) >= 11 is 0. The van der Waals surface area contributed by atoms with Crippen LogP contribution in [0.25, 0.3) is 0 Å². The number of carbonyl (C=O) groups is 2. The number of nitrogens with one attached hydrogen (secondary N) is 2. The normalized spacial score (nSPS) is 10.3. The van der Waals surface area contributed by atoms with Gasteiger partial charge in [-0.05, 0) is 42.7 Å². The Morgan fingerprint density at radius 1 is 0.821 bits per heavy atom.